The van der Waals surface area contributed by atoms with Crippen LogP contribution in [0, 0.1) is 0 Å². The molecule has 2 unspecified atom stereocenters. The second-order valence-electron chi connectivity index (χ2n) is 5.55. The largest absolute Gasteiger partial charge is 0.370 e. The van der Waals surface area contributed by atoms with Gasteiger partial charge >= 0.3 is 0 Å². The van der Waals surface area contributed by atoms with Crippen LogP contribution in [0.2, 0.25) is 0 Å². The summed E-state index contributed by atoms with van der Waals surface area (Å²) in [7, 11) is -4.48. The zero-order valence-corrected chi connectivity index (χ0v) is 15.8. The maximum absolute atomic E-state index is 12.2. The number of nitrogens with two attached hydrogens (primary N) is 3. The third kappa shape index (κ3) is 12.6. The van der Waals surface area contributed by atoms with E-state index in [9.17, 15) is 27.6 Å². The van der Waals surface area contributed by atoms with Crippen LogP contribution < -0.4 is 33.2 Å². The van der Waals surface area contributed by atoms with Gasteiger partial charge < -0.3 is 37.9 Å². The molecule has 0 saturated carbocycles. The topological polar surface area (TPSA) is 249 Å². The van der Waals surface area contributed by atoms with E-state index in [0.29, 0.717) is 6.42 Å². The summed E-state index contributed by atoms with van der Waals surface area (Å²) < 4.78 is 30.2. The smallest absolute Gasteiger partial charge is 0.267 e. The first-order chi connectivity index (χ1) is 13.0. The fraction of sp³-hybridized carbons (Fsp3) is 0.615. The summed E-state index contributed by atoms with van der Waals surface area (Å²) in [5.74, 6) is -3.31. The summed E-state index contributed by atoms with van der Waals surface area (Å²) in [4.78, 5) is 49.8. The summed E-state index contributed by atoms with van der Waals surface area (Å²) >= 11 is 0. The first-order valence-electron chi connectivity index (χ1n) is 8.00. The van der Waals surface area contributed by atoms with Gasteiger partial charge in [0.05, 0.1) is 13.1 Å². The van der Waals surface area contributed by atoms with Crippen molar-refractivity contribution in [1.82, 2.24) is 16.0 Å². The monoisotopic (exact) mass is 423 g/mol. The van der Waals surface area contributed by atoms with Crippen LogP contribution >= 0.6 is 0 Å². The molecule has 0 aromatic heterocycles. The predicted molar refractivity (Wildman–Crippen MR) is 98.3 cm³/mol. The Morgan fingerprint density at radius 2 is 1.79 bits per heavy atom. The molecule has 0 aromatic carbocycles. The van der Waals surface area contributed by atoms with E-state index in [1.807, 2.05) is 5.32 Å². The van der Waals surface area contributed by atoms with Gasteiger partial charge in [0.2, 0.25) is 17.7 Å². The van der Waals surface area contributed by atoms with E-state index < -0.39 is 52.2 Å². The number of amides is 3. The van der Waals surface area contributed by atoms with Crippen LogP contribution in [0.1, 0.15) is 12.8 Å². The second kappa shape index (κ2) is 12.6. The maximum Gasteiger partial charge on any atom is 0.267 e. The van der Waals surface area contributed by atoms with Crippen molar-refractivity contribution in [3.8, 4) is 0 Å². The molecule has 3 amide bonds. The number of hydrogen-bond donors (Lipinski definition) is 7. The molecular formula is C13H25N7O7S. The summed E-state index contributed by atoms with van der Waals surface area (Å²) in [6.07, 6.45) is 0.617. The normalized spacial score (nSPS) is 12.9. The molecule has 0 aliphatic rings. The Balaban J connectivity index is 4.69. The molecule has 0 aromatic rings. The van der Waals surface area contributed by atoms with Crippen molar-refractivity contribution in [2.45, 2.75) is 24.9 Å². The Morgan fingerprint density at radius 3 is 2.29 bits per heavy atom. The highest BCUT2D eigenvalue weighted by atomic mass is 32.2. The number of hydrogen-bond acceptors (Lipinski definition) is 8. The lowest BCUT2D eigenvalue weighted by Crippen LogP contribution is -2.51. The van der Waals surface area contributed by atoms with Crippen LogP contribution in [0.5, 0.6) is 0 Å². The molecule has 160 valence electrons. The van der Waals surface area contributed by atoms with E-state index >= 15 is 0 Å². The molecule has 0 bridgehead atoms. The predicted octanol–water partition coefficient (Wildman–Crippen LogP) is -4.83. The molecular weight excluding hydrogens is 398 g/mol. The molecule has 0 rings (SSSR count). The molecule has 0 radical (unpaired) electrons. The van der Waals surface area contributed by atoms with Crippen molar-refractivity contribution < 1.29 is 32.1 Å². The number of rotatable bonds is 13. The number of carbonyl (C=O) groups excluding carboxylic acids is 4. The Hall–Kier alpha value is -2.78. The molecule has 2 atom stereocenters. The SMILES string of the molecule is NCC(=O)NC(CCCN=C(N)N)C(=O)NCC(=O)NC(C=O)CS(=O)(=O)O. The summed E-state index contributed by atoms with van der Waals surface area (Å²) in [5.41, 5.74) is 15.6. The number of aliphatic imine (C=N–C) groups is 1. The van der Waals surface area contributed by atoms with E-state index in [0.717, 1.165) is 0 Å². The van der Waals surface area contributed by atoms with Crippen molar-refractivity contribution in [1.29, 1.82) is 0 Å². The fourth-order valence-corrected chi connectivity index (χ4v) is 2.53. The lowest BCUT2D eigenvalue weighted by Gasteiger charge is -2.18. The Morgan fingerprint density at radius 1 is 1.14 bits per heavy atom. The molecule has 0 spiro atoms. The number of nitrogens with one attached hydrogen (secondary N) is 3. The van der Waals surface area contributed by atoms with Gasteiger partial charge in [0.1, 0.15) is 24.1 Å². The summed E-state index contributed by atoms with van der Waals surface area (Å²) in [5, 5.41) is 6.63. The zero-order valence-electron chi connectivity index (χ0n) is 15.0. The van der Waals surface area contributed by atoms with Crippen molar-refractivity contribution in [3.63, 3.8) is 0 Å². The average Bonchev–Trinajstić information content (AvgIpc) is 2.59. The van der Waals surface area contributed by atoms with Crippen LogP contribution in [-0.4, -0.2) is 80.4 Å². The van der Waals surface area contributed by atoms with Gasteiger partial charge in [-0.15, -0.1) is 0 Å². The molecule has 10 N–H and O–H groups in total. The highest BCUT2D eigenvalue weighted by molar-refractivity contribution is 7.85. The minimum absolute atomic E-state index is 0.126. The first kappa shape index (κ1) is 25.2. The summed E-state index contributed by atoms with van der Waals surface area (Å²) in [6.45, 7) is -0.742. The van der Waals surface area contributed by atoms with Crippen molar-refractivity contribution in [2.75, 3.05) is 25.4 Å². The van der Waals surface area contributed by atoms with E-state index in [2.05, 4.69) is 15.6 Å². The molecule has 0 aliphatic carbocycles. The lowest BCUT2D eigenvalue weighted by molar-refractivity contribution is -0.130. The van der Waals surface area contributed by atoms with E-state index in [-0.39, 0.29) is 31.8 Å². The Bertz CT molecular complexity index is 691. The minimum Gasteiger partial charge on any atom is -0.370 e. The van der Waals surface area contributed by atoms with Crippen LogP contribution in [0.3, 0.4) is 0 Å². The van der Waals surface area contributed by atoms with Gasteiger partial charge in [0, 0.05) is 6.54 Å². The van der Waals surface area contributed by atoms with Crippen LogP contribution in [0.15, 0.2) is 4.99 Å². The van der Waals surface area contributed by atoms with Gasteiger partial charge in [0.25, 0.3) is 10.1 Å². The van der Waals surface area contributed by atoms with Crippen molar-refractivity contribution in [3.05, 3.63) is 0 Å². The molecule has 15 heteroatoms. The van der Waals surface area contributed by atoms with E-state index in [1.54, 1.807) is 0 Å². The number of aldehydes is 1. The van der Waals surface area contributed by atoms with Gasteiger partial charge in [-0.2, -0.15) is 8.42 Å². The van der Waals surface area contributed by atoms with Gasteiger partial charge in [-0.05, 0) is 12.8 Å². The molecule has 0 fully saturated rings. The van der Waals surface area contributed by atoms with Gasteiger partial charge in [-0.1, -0.05) is 0 Å². The fourth-order valence-electron chi connectivity index (χ4n) is 1.92. The van der Waals surface area contributed by atoms with Crippen LogP contribution in [-0.2, 0) is 29.3 Å². The average molecular weight is 423 g/mol. The summed E-state index contributed by atoms with van der Waals surface area (Å²) in [6, 6.07) is -2.50. The number of nitrogens with zero attached hydrogens (tertiary/aromatic N) is 1. The third-order valence-corrected chi connectivity index (χ3v) is 3.89. The molecule has 14 nitrogen and oxygen atoms in total. The quantitative estimate of drug-likeness (QED) is 0.0489. The molecule has 0 heterocycles. The number of guanidine groups is 1. The zero-order chi connectivity index (χ0) is 21.7. The third-order valence-electron chi connectivity index (χ3n) is 3.11. The highest BCUT2D eigenvalue weighted by Crippen LogP contribution is 1.99. The van der Waals surface area contributed by atoms with Crippen molar-refractivity contribution >= 4 is 40.1 Å². The second-order valence-corrected chi connectivity index (χ2v) is 7.05. The maximum atomic E-state index is 12.2. The minimum atomic E-state index is -4.48. The van der Waals surface area contributed by atoms with Gasteiger partial charge in [-0.25, -0.2) is 0 Å². The highest BCUT2D eigenvalue weighted by Gasteiger charge is 2.22. The van der Waals surface area contributed by atoms with Crippen LogP contribution in [0.25, 0.3) is 0 Å². The Kier molecular flexibility index (Phi) is 11.3. The molecule has 0 saturated heterocycles. The van der Waals surface area contributed by atoms with E-state index in [4.69, 9.17) is 21.8 Å². The van der Waals surface area contributed by atoms with Gasteiger partial charge in [-0.3, -0.25) is 23.9 Å². The Labute approximate surface area is 161 Å². The van der Waals surface area contributed by atoms with Crippen molar-refractivity contribution in [2.24, 2.45) is 22.2 Å². The lowest BCUT2D eigenvalue weighted by atomic mass is 10.1. The number of carbonyl (C=O) groups is 4. The standard InChI is InChI=1S/C13H25N7O7S/c14-4-10(22)20-9(2-1-3-17-13(15)16)12(24)18-5-11(23)19-8(6-21)7-28(25,26)27/h6,8-9H,1-5,7,14H2,(H,18,24)(H,19,23)(H,20,22)(H4,15,16,17)(H,25,26,27). The molecule has 28 heavy (non-hydrogen) atoms. The first-order valence-corrected chi connectivity index (χ1v) is 9.61. The molecule has 0 aliphatic heterocycles. The van der Waals surface area contributed by atoms with Gasteiger partial charge in [0.15, 0.2) is 5.96 Å². The van der Waals surface area contributed by atoms with E-state index in [1.165, 1.54) is 0 Å². The van der Waals surface area contributed by atoms with Crippen LogP contribution in [0.4, 0.5) is 0 Å².